The van der Waals surface area contributed by atoms with E-state index in [0.29, 0.717) is 18.1 Å². The van der Waals surface area contributed by atoms with Crippen molar-refractivity contribution in [2.45, 2.75) is 52.7 Å². The molecule has 7 nitrogen and oxygen atoms in total. The number of hydrogen-bond acceptors (Lipinski definition) is 6. The quantitative estimate of drug-likeness (QED) is 0.591. The van der Waals surface area contributed by atoms with Crippen LogP contribution in [0.5, 0.6) is 5.75 Å². The Morgan fingerprint density at radius 1 is 1.30 bits per heavy atom. The number of hydrogen-bond donors (Lipinski definition) is 1. The van der Waals surface area contributed by atoms with Crippen molar-refractivity contribution in [3.05, 3.63) is 47.4 Å². The number of anilines is 1. The Labute approximate surface area is 159 Å². The maximum atomic E-state index is 12.8. The van der Waals surface area contributed by atoms with E-state index in [4.69, 9.17) is 9.47 Å². The highest BCUT2D eigenvalue weighted by Crippen LogP contribution is 2.35. The normalized spacial score (nSPS) is 16.1. The van der Waals surface area contributed by atoms with Gasteiger partial charge in [-0.25, -0.2) is 9.48 Å². The van der Waals surface area contributed by atoms with E-state index in [0.717, 1.165) is 29.9 Å². The first kappa shape index (κ1) is 18.9. The van der Waals surface area contributed by atoms with Gasteiger partial charge in [0.1, 0.15) is 18.1 Å². The lowest BCUT2D eigenvalue weighted by Crippen LogP contribution is -2.30. The average molecular weight is 370 g/mol. The summed E-state index contributed by atoms with van der Waals surface area (Å²) in [5, 5.41) is 7.45. The van der Waals surface area contributed by atoms with Crippen LogP contribution in [-0.2, 0) is 9.53 Å². The predicted octanol–water partition coefficient (Wildman–Crippen LogP) is 3.70. The van der Waals surface area contributed by atoms with Gasteiger partial charge in [0, 0.05) is 5.70 Å². The van der Waals surface area contributed by atoms with Gasteiger partial charge in [0.2, 0.25) is 5.95 Å². The van der Waals surface area contributed by atoms with Gasteiger partial charge in [-0.3, -0.25) is 0 Å². The lowest BCUT2D eigenvalue weighted by molar-refractivity contribution is -0.143. The summed E-state index contributed by atoms with van der Waals surface area (Å²) in [4.78, 5) is 17.0. The lowest BCUT2D eigenvalue weighted by atomic mass is 9.95. The summed E-state index contributed by atoms with van der Waals surface area (Å²) in [5.74, 6) is 1.05. The molecule has 0 fully saturated rings. The molecule has 7 heteroatoms. The van der Waals surface area contributed by atoms with Crippen molar-refractivity contribution in [1.29, 1.82) is 0 Å². The minimum absolute atomic E-state index is 0.204. The number of ether oxygens (including phenoxy) is 2. The van der Waals surface area contributed by atoms with Crippen molar-refractivity contribution in [3.8, 4) is 5.75 Å². The molecule has 1 aliphatic heterocycles. The van der Waals surface area contributed by atoms with E-state index < -0.39 is 6.04 Å². The van der Waals surface area contributed by atoms with Crippen LogP contribution in [0.15, 0.2) is 41.9 Å². The van der Waals surface area contributed by atoms with Crippen LogP contribution >= 0.6 is 0 Å². The second-order valence-corrected chi connectivity index (χ2v) is 6.82. The number of benzene rings is 1. The van der Waals surface area contributed by atoms with Gasteiger partial charge in [-0.1, -0.05) is 25.5 Å². The van der Waals surface area contributed by atoms with Crippen molar-refractivity contribution < 1.29 is 14.3 Å². The number of carbonyl (C=O) groups excluding carboxylic acids is 1. The fraction of sp³-hybridized carbons (Fsp3) is 0.450. The molecule has 1 aromatic heterocycles. The number of allylic oxidation sites excluding steroid dienone is 1. The first-order chi connectivity index (χ1) is 13.0. The van der Waals surface area contributed by atoms with Crippen molar-refractivity contribution in [3.63, 3.8) is 0 Å². The van der Waals surface area contributed by atoms with E-state index in [1.807, 2.05) is 45.0 Å². The summed E-state index contributed by atoms with van der Waals surface area (Å²) in [7, 11) is 0. The molecule has 1 aromatic carbocycles. The first-order valence-electron chi connectivity index (χ1n) is 9.32. The van der Waals surface area contributed by atoms with E-state index in [2.05, 4.69) is 22.3 Å². The number of aromatic nitrogens is 3. The van der Waals surface area contributed by atoms with Crippen molar-refractivity contribution >= 4 is 11.9 Å². The summed E-state index contributed by atoms with van der Waals surface area (Å²) >= 11 is 0. The number of unbranched alkanes of at least 4 members (excludes halogenated alkanes) is 1. The van der Waals surface area contributed by atoms with Crippen LogP contribution in [0, 0.1) is 0 Å². The third-order valence-electron chi connectivity index (χ3n) is 4.32. The molecule has 0 saturated heterocycles. The maximum absolute atomic E-state index is 12.8. The monoisotopic (exact) mass is 370 g/mol. The minimum Gasteiger partial charge on any atom is -0.494 e. The summed E-state index contributed by atoms with van der Waals surface area (Å²) < 4.78 is 12.9. The molecule has 0 saturated carbocycles. The summed E-state index contributed by atoms with van der Waals surface area (Å²) in [5.41, 5.74) is 2.16. The molecule has 0 amide bonds. The standard InChI is InChI=1S/C20H26N4O3/c1-5-6-11-26-16-9-7-15(8-10-16)18-17(19(25)27-13(2)3)14(4)23-20-21-12-22-24(18)20/h7-10,12-13,18H,5-6,11H2,1-4H3,(H,21,22,23)/t18-/m0/s1. The van der Waals surface area contributed by atoms with Gasteiger partial charge in [-0.2, -0.15) is 10.1 Å². The zero-order valence-corrected chi connectivity index (χ0v) is 16.2. The molecule has 0 spiro atoms. The van der Waals surface area contributed by atoms with Crippen LogP contribution in [-0.4, -0.2) is 33.4 Å². The van der Waals surface area contributed by atoms with Gasteiger partial charge in [0.15, 0.2) is 0 Å². The second-order valence-electron chi connectivity index (χ2n) is 6.82. The Hall–Kier alpha value is -2.83. The maximum Gasteiger partial charge on any atom is 0.338 e. The lowest BCUT2D eigenvalue weighted by Gasteiger charge is -2.28. The van der Waals surface area contributed by atoms with Crippen LogP contribution in [0.25, 0.3) is 0 Å². The van der Waals surface area contributed by atoms with Crippen LogP contribution in [0.2, 0.25) is 0 Å². The van der Waals surface area contributed by atoms with Crippen molar-refractivity contribution in [2.24, 2.45) is 0 Å². The van der Waals surface area contributed by atoms with E-state index in [1.165, 1.54) is 6.33 Å². The topological polar surface area (TPSA) is 78.3 Å². The molecule has 3 rings (SSSR count). The van der Waals surface area contributed by atoms with Crippen LogP contribution in [0.4, 0.5) is 5.95 Å². The van der Waals surface area contributed by atoms with Gasteiger partial charge in [-0.05, 0) is 44.9 Å². The van der Waals surface area contributed by atoms with E-state index >= 15 is 0 Å². The average Bonchev–Trinajstić information content (AvgIpc) is 3.08. The van der Waals surface area contributed by atoms with Crippen molar-refractivity contribution in [2.75, 3.05) is 11.9 Å². The molecule has 0 aliphatic carbocycles. The van der Waals surface area contributed by atoms with Crippen LogP contribution in [0.1, 0.15) is 52.1 Å². The molecule has 1 atom stereocenters. The molecule has 1 N–H and O–H groups in total. The highest BCUT2D eigenvalue weighted by molar-refractivity contribution is 5.92. The Balaban J connectivity index is 1.93. The number of nitrogens with one attached hydrogen (secondary N) is 1. The Morgan fingerprint density at radius 3 is 2.70 bits per heavy atom. The van der Waals surface area contributed by atoms with Crippen LogP contribution in [0.3, 0.4) is 0 Å². The number of esters is 1. The SMILES string of the molecule is CCCCOc1ccc([C@H]2C(C(=O)OC(C)C)=C(C)Nc3ncnn32)cc1. The number of carbonyl (C=O) groups is 1. The van der Waals surface area contributed by atoms with Gasteiger partial charge in [0.05, 0.1) is 18.3 Å². The molecule has 1 aliphatic rings. The van der Waals surface area contributed by atoms with E-state index in [9.17, 15) is 4.79 Å². The second kappa shape index (κ2) is 8.24. The molecule has 0 bridgehead atoms. The van der Waals surface area contributed by atoms with Gasteiger partial charge in [0.25, 0.3) is 0 Å². The van der Waals surface area contributed by atoms with E-state index in [1.54, 1.807) is 4.68 Å². The zero-order chi connectivity index (χ0) is 19.4. The molecule has 2 heterocycles. The third kappa shape index (κ3) is 4.13. The van der Waals surface area contributed by atoms with Gasteiger partial charge in [-0.15, -0.1) is 0 Å². The highest BCUT2D eigenvalue weighted by atomic mass is 16.5. The summed E-state index contributed by atoms with van der Waals surface area (Å²) in [6.45, 7) is 8.35. The summed E-state index contributed by atoms with van der Waals surface area (Å²) in [6, 6.07) is 7.35. The predicted molar refractivity (Wildman–Crippen MR) is 103 cm³/mol. The molecule has 144 valence electrons. The van der Waals surface area contributed by atoms with Gasteiger partial charge >= 0.3 is 5.97 Å². The fourth-order valence-corrected chi connectivity index (χ4v) is 3.02. The number of nitrogens with zero attached hydrogens (tertiary/aromatic N) is 3. The van der Waals surface area contributed by atoms with E-state index in [-0.39, 0.29) is 12.1 Å². The number of fused-ring (bicyclic) bond motifs is 1. The van der Waals surface area contributed by atoms with Crippen LogP contribution < -0.4 is 10.1 Å². The Kier molecular flexibility index (Phi) is 5.78. The Bertz CT molecular complexity index is 824. The number of rotatable bonds is 7. The molecule has 0 radical (unpaired) electrons. The summed E-state index contributed by atoms with van der Waals surface area (Å²) in [6.07, 6.45) is 3.38. The third-order valence-corrected chi connectivity index (χ3v) is 4.32. The fourth-order valence-electron chi connectivity index (χ4n) is 3.02. The molecule has 0 unspecified atom stereocenters. The smallest absolute Gasteiger partial charge is 0.338 e. The molecular formula is C20H26N4O3. The molecule has 2 aromatic rings. The minimum atomic E-state index is -0.403. The molecule has 27 heavy (non-hydrogen) atoms. The van der Waals surface area contributed by atoms with Gasteiger partial charge < -0.3 is 14.8 Å². The zero-order valence-electron chi connectivity index (χ0n) is 16.2. The largest absolute Gasteiger partial charge is 0.494 e. The Morgan fingerprint density at radius 2 is 2.04 bits per heavy atom. The first-order valence-corrected chi connectivity index (χ1v) is 9.32. The van der Waals surface area contributed by atoms with Crippen molar-refractivity contribution in [1.82, 2.24) is 14.8 Å². The molecular weight excluding hydrogens is 344 g/mol. The highest BCUT2D eigenvalue weighted by Gasteiger charge is 2.34.